The van der Waals surface area contributed by atoms with Crippen LogP contribution in [0.4, 0.5) is 4.39 Å². The third kappa shape index (κ3) is 6.27. The number of hydrogen-bond acceptors (Lipinski definition) is 5. The number of nitrogens with zero attached hydrogens (tertiary/aromatic N) is 1. The van der Waals surface area contributed by atoms with Gasteiger partial charge in [-0.2, -0.15) is 5.10 Å². The number of aryl methyl sites for hydroxylation is 1. The molecule has 0 aliphatic rings. The van der Waals surface area contributed by atoms with Crippen molar-refractivity contribution in [2.75, 3.05) is 6.61 Å². The highest BCUT2D eigenvalue weighted by atomic mass is 19.1. The van der Waals surface area contributed by atoms with Crippen molar-refractivity contribution in [2.45, 2.75) is 6.92 Å². The maximum Gasteiger partial charge on any atom is 0.343 e. The number of nitrogens with one attached hydrogen (secondary N) is 1. The molecule has 0 aliphatic carbocycles. The van der Waals surface area contributed by atoms with Crippen LogP contribution >= 0.6 is 0 Å². The zero-order chi connectivity index (χ0) is 21.3. The summed E-state index contributed by atoms with van der Waals surface area (Å²) < 4.78 is 23.4. The van der Waals surface area contributed by atoms with Crippen LogP contribution < -0.4 is 14.9 Å². The number of halogens is 1. The summed E-state index contributed by atoms with van der Waals surface area (Å²) in [6.45, 7) is 1.65. The highest BCUT2D eigenvalue weighted by Crippen LogP contribution is 2.14. The molecular formula is C23H19FN2O4. The molecule has 1 amide bonds. The molecule has 6 nitrogen and oxygen atoms in total. The van der Waals surface area contributed by atoms with Crippen LogP contribution in [-0.2, 0) is 4.79 Å². The minimum atomic E-state index is -0.459. The first-order chi connectivity index (χ1) is 14.5. The molecule has 0 saturated heterocycles. The predicted molar refractivity (Wildman–Crippen MR) is 110 cm³/mol. The van der Waals surface area contributed by atoms with Gasteiger partial charge in [-0.25, -0.2) is 14.6 Å². The van der Waals surface area contributed by atoms with Gasteiger partial charge in [0.1, 0.15) is 17.3 Å². The molecule has 0 fully saturated rings. The number of hydrazone groups is 1. The molecule has 0 atom stereocenters. The number of carbonyl (C=O) groups excluding carboxylic acids is 2. The number of ether oxygens (including phenoxy) is 2. The van der Waals surface area contributed by atoms with Gasteiger partial charge in [-0.3, -0.25) is 4.79 Å². The first-order valence-corrected chi connectivity index (χ1v) is 9.09. The van der Waals surface area contributed by atoms with Crippen molar-refractivity contribution in [1.82, 2.24) is 5.43 Å². The molecule has 0 bridgehead atoms. The zero-order valence-corrected chi connectivity index (χ0v) is 16.2. The minimum Gasteiger partial charge on any atom is -0.484 e. The molecule has 3 aromatic rings. The Labute approximate surface area is 173 Å². The number of hydrogen-bond donors (Lipinski definition) is 1. The molecular weight excluding hydrogens is 387 g/mol. The van der Waals surface area contributed by atoms with Crippen molar-refractivity contribution in [3.8, 4) is 11.5 Å². The van der Waals surface area contributed by atoms with E-state index in [4.69, 9.17) is 9.47 Å². The van der Waals surface area contributed by atoms with E-state index in [1.807, 2.05) is 13.0 Å². The molecule has 30 heavy (non-hydrogen) atoms. The smallest absolute Gasteiger partial charge is 0.343 e. The van der Waals surface area contributed by atoms with E-state index in [9.17, 15) is 14.0 Å². The van der Waals surface area contributed by atoms with Gasteiger partial charge in [0.25, 0.3) is 5.91 Å². The molecule has 3 rings (SSSR count). The Hall–Kier alpha value is -4.00. The highest BCUT2D eigenvalue weighted by Gasteiger charge is 2.08. The molecule has 0 aromatic heterocycles. The molecule has 0 aliphatic heterocycles. The van der Waals surface area contributed by atoms with Crippen LogP contribution in [0, 0.1) is 12.7 Å². The van der Waals surface area contributed by atoms with Gasteiger partial charge in [-0.15, -0.1) is 0 Å². The van der Waals surface area contributed by atoms with Gasteiger partial charge in [-0.1, -0.05) is 17.7 Å². The van der Waals surface area contributed by atoms with Crippen molar-refractivity contribution >= 4 is 18.1 Å². The molecule has 7 heteroatoms. The van der Waals surface area contributed by atoms with E-state index in [1.54, 1.807) is 42.5 Å². The first-order valence-electron chi connectivity index (χ1n) is 9.09. The van der Waals surface area contributed by atoms with Gasteiger partial charge in [0, 0.05) is 0 Å². The number of carbonyl (C=O) groups is 2. The Morgan fingerprint density at radius 2 is 1.70 bits per heavy atom. The average Bonchev–Trinajstić information content (AvgIpc) is 2.74. The lowest BCUT2D eigenvalue weighted by atomic mass is 10.1. The highest BCUT2D eigenvalue weighted by molar-refractivity contribution is 5.91. The molecule has 152 valence electrons. The summed E-state index contributed by atoms with van der Waals surface area (Å²) in [6, 6.07) is 19.2. The second-order valence-electron chi connectivity index (χ2n) is 6.36. The summed E-state index contributed by atoms with van der Waals surface area (Å²) in [5.41, 5.74) is 4.48. The van der Waals surface area contributed by atoms with E-state index in [1.165, 1.54) is 30.5 Å². The van der Waals surface area contributed by atoms with Crippen LogP contribution in [-0.4, -0.2) is 24.7 Å². The molecule has 0 spiro atoms. The van der Waals surface area contributed by atoms with Crippen LogP contribution in [0.3, 0.4) is 0 Å². The van der Waals surface area contributed by atoms with Gasteiger partial charge >= 0.3 is 5.97 Å². The van der Waals surface area contributed by atoms with Crippen LogP contribution in [0.1, 0.15) is 21.5 Å². The molecule has 0 saturated carbocycles. The fourth-order valence-electron chi connectivity index (χ4n) is 2.45. The van der Waals surface area contributed by atoms with Crippen molar-refractivity contribution in [3.05, 3.63) is 95.3 Å². The molecule has 0 heterocycles. The summed E-state index contributed by atoms with van der Waals surface area (Å²) >= 11 is 0. The minimum absolute atomic E-state index is 0.253. The Balaban J connectivity index is 1.46. The maximum absolute atomic E-state index is 12.8. The molecule has 0 unspecified atom stereocenters. The molecule has 1 N–H and O–H groups in total. The molecule has 0 radical (unpaired) electrons. The number of rotatable bonds is 7. The van der Waals surface area contributed by atoms with Gasteiger partial charge in [0.2, 0.25) is 0 Å². The van der Waals surface area contributed by atoms with Crippen LogP contribution in [0.5, 0.6) is 11.5 Å². The second kappa shape index (κ2) is 9.97. The van der Waals surface area contributed by atoms with Gasteiger partial charge < -0.3 is 9.47 Å². The van der Waals surface area contributed by atoms with E-state index < -0.39 is 11.9 Å². The third-order valence-corrected chi connectivity index (χ3v) is 3.93. The van der Waals surface area contributed by atoms with E-state index >= 15 is 0 Å². The Morgan fingerprint density at radius 1 is 1.00 bits per heavy atom. The monoisotopic (exact) mass is 406 g/mol. The first kappa shape index (κ1) is 20.7. The van der Waals surface area contributed by atoms with Gasteiger partial charge in [0.05, 0.1) is 11.8 Å². The SMILES string of the molecule is Cc1cccc(C(=O)Oc2ccc(/C=N\NC(=O)COc3ccc(F)cc3)cc2)c1. The lowest BCUT2D eigenvalue weighted by Crippen LogP contribution is -2.24. The van der Waals surface area contributed by atoms with Gasteiger partial charge in [-0.05, 0) is 73.2 Å². The summed E-state index contributed by atoms with van der Waals surface area (Å²) in [6.07, 6.45) is 1.45. The lowest BCUT2D eigenvalue weighted by molar-refractivity contribution is -0.123. The number of amides is 1. The van der Waals surface area contributed by atoms with E-state index in [-0.39, 0.29) is 12.4 Å². The molecule has 3 aromatic carbocycles. The van der Waals surface area contributed by atoms with Gasteiger partial charge in [0.15, 0.2) is 6.61 Å². The summed E-state index contributed by atoms with van der Waals surface area (Å²) in [5.74, 6) is -0.498. The topological polar surface area (TPSA) is 77.0 Å². The van der Waals surface area contributed by atoms with Crippen molar-refractivity contribution in [2.24, 2.45) is 5.10 Å². The summed E-state index contributed by atoms with van der Waals surface area (Å²) in [7, 11) is 0. The average molecular weight is 406 g/mol. The number of esters is 1. The third-order valence-electron chi connectivity index (χ3n) is 3.93. The van der Waals surface area contributed by atoms with Crippen molar-refractivity contribution < 1.29 is 23.5 Å². The Morgan fingerprint density at radius 3 is 2.40 bits per heavy atom. The fourth-order valence-corrected chi connectivity index (χ4v) is 2.45. The van der Waals surface area contributed by atoms with E-state index in [0.29, 0.717) is 22.6 Å². The van der Waals surface area contributed by atoms with Crippen molar-refractivity contribution in [1.29, 1.82) is 0 Å². The van der Waals surface area contributed by atoms with E-state index in [2.05, 4.69) is 10.5 Å². The maximum atomic E-state index is 12.8. The van der Waals surface area contributed by atoms with E-state index in [0.717, 1.165) is 5.56 Å². The van der Waals surface area contributed by atoms with Crippen molar-refractivity contribution in [3.63, 3.8) is 0 Å². The summed E-state index contributed by atoms with van der Waals surface area (Å²) in [4.78, 5) is 23.9. The number of benzene rings is 3. The Kier molecular flexibility index (Phi) is 6.89. The quantitative estimate of drug-likeness (QED) is 0.280. The van der Waals surface area contributed by atoms with Crippen LogP contribution in [0.25, 0.3) is 0 Å². The predicted octanol–water partition coefficient (Wildman–Crippen LogP) is 3.88. The standard InChI is InChI=1S/C23H19FN2O4/c1-16-3-2-4-18(13-16)23(28)30-21-9-5-17(6-10-21)14-25-26-22(27)15-29-20-11-7-19(24)8-12-20/h2-14H,15H2,1H3,(H,26,27)/b25-14-. The van der Waals surface area contributed by atoms with Crippen LogP contribution in [0.15, 0.2) is 77.9 Å². The second-order valence-corrected chi connectivity index (χ2v) is 6.36. The zero-order valence-electron chi connectivity index (χ0n) is 16.2. The Bertz CT molecular complexity index is 1050. The largest absolute Gasteiger partial charge is 0.484 e. The van der Waals surface area contributed by atoms with Crippen LogP contribution in [0.2, 0.25) is 0 Å². The lowest BCUT2D eigenvalue weighted by Gasteiger charge is -2.05. The fraction of sp³-hybridized carbons (Fsp3) is 0.0870. The summed E-state index contributed by atoms with van der Waals surface area (Å²) in [5, 5.41) is 3.84. The normalized spacial score (nSPS) is 10.6.